The van der Waals surface area contributed by atoms with Gasteiger partial charge in [-0.15, -0.1) is 13.2 Å². The van der Waals surface area contributed by atoms with Gasteiger partial charge in [0.1, 0.15) is 5.75 Å². The van der Waals surface area contributed by atoms with E-state index in [-0.39, 0.29) is 5.75 Å². The van der Waals surface area contributed by atoms with Gasteiger partial charge in [0.15, 0.2) is 0 Å². The van der Waals surface area contributed by atoms with Crippen LogP contribution >= 0.6 is 23.2 Å². The average molecular weight is 336 g/mol. The number of halogens is 5. The van der Waals surface area contributed by atoms with Crippen LogP contribution in [0.25, 0.3) is 0 Å². The topological polar surface area (TPSA) is 35.2 Å². The van der Waals surface area contributed by atoms with Crippen LogP contribution in [0.2, 0.25) is 10.0 Å². The molecule has 0 unspecified atom stereocenters. The molecule has 7 heteroatoms. The maximum absolute atomic E-state index is 12.1. The highest BCUT2D eigenvalue weighted by molar-refractivity contribution is 6.33. The van der Waals surface area contributed by atoms with Crippen molar-refractivity contribution in [3.63, 3.8) is 0 Å². The summed E-state index contributed by atoms with van der Waals surface area (Å²) in [6.07, 6.45) is -4.72. The minimum absolute atomic E-state index is 0.310. The molecule has 21 heavy (non-hydrogen) atoms. The highest BCUT2D eigenvalue weighted by Gasteiger charge is 2.31. The first kappa shape index (κ1) is 15.9. The van der Waals surface area contributed by atoms with Crippen LogP contribution in [0, 0.1) is 0 Å². The molecule has 0 saturated heterocycles. The lowest BCUT2D eigenvalue weighted by atomic mass is 9.99. The maximum atomic E-state index is 12.1. The fourth-order valence-electron chi connectivity index (χ4n) is 1.81. The van der Waals surface area contributed by atoms with Gasteiger partial charge in [-0.3, -0.25) is 0 Å². The zero-order chi connectivity index (χ0) is 15.6. The van der Waals surface area contributed by atoms with Crippen molar-refractivity contribution < 1.29 is 17.9 Å². The number of hydrogen-bond acceptors (Lipinski definition) is 2. The zero-order valence-corrected chi connectivity index (χ0v) is 12.0. The van der Waals surface area contributed by atoms with Crippen molar-refractivity contribution in [2.75, 3.05) is 0 Å². The van der Waals surface area contributed by atoms with Gasteiger partial charge in [0, 0.05) is 10.0 Å². The predicted octanol–water partition coefficient (Wildman–Crippen LogP) is 4.94. The van der Waals surface area contributed by atoms with E-state index in [0.717, 1.165) is 0 Å². The summed E-state index contributed by atoms with van der Waals surface area (Å²) in [5.41, 5.74) is 7.24. The second-order valence-corrected chi connectivity index (χ2v) is 5.10. The van der Waals surface area contributed by atoms with Crippen molar-refractivity contribution in [1.82, 2.24) is 0 Å². The molecule has 0 spiro atoms. The molecule has 2 nitrogen and oxygen atoms in total. The lowest BCUT2D eigenvalue weighted by molar-refractivity contribution is -0.274. The van der Waals surface area contributed by atoms with Gasteiger partial charge >= 0.3 is 6.36 Å². The van der Waals surface area contributed by atoms with Crippen molar-refractivity contribution in [3.05, 3.63) is 63.6 Å². The molecular weight excluding hydrogens is 326 g/mol. The Morgan fingerprint density at radius 2 is 1.62 bits per heavy atom. The van der Waals surface area contributed by atoms with Crippen LogP contribution in [0.3, 0.4) is 0 Å². The van der Waals surface area contributed by atoms with Crippen molar-refractivity contribution in [3.8, 4) is 5.75 Å². The molecule has 0 aromatic heterocycles. The van der Waals surface area contributed by atoms with Gasteiger partial charge in [-0.2, -0.15) is 0 Å². The lowest BCUT2D eigenvalue weighted by Crippen LogP contribution is -2.17. The summed E-state index contributed by atoms with van der Waals surface area (Å²) in [4.78, 5) is 0. The second kappa shape index (κ2) is 6.13. The monoisotopic (exact) mass is 335 g/mol. The molecule has 2 rings (SSSR count). The predicted molar refractivity (Wildman–Crippen MR) is 75.6 cm³/mol. The van der Waals surface area contributed by atoms with Crippen LogP contribution < -0.4 is 10.5 Å². The number of hydrogen-bond donors (Lipinski definition) is 1. The average Bonchev–Trinajstić information content (AvgIpc) is 2.40. The van der Waals surface area contributed by atoms with E-state index in [9.17, 15) is 13.2 Å². The molecule has 1 atom stereocenters. The SMILES string of the molecule is N[C@@H](c1ccc(OC(F)(F)F)cc1)c1cc(Cl)ccc1Cl. The molecule has 0 aliphatic rings. The Hall–Kier alpha value is -1.43. The van der Waals surface area contributed by atoms with Gasteiger partial charge in [0.25, 0.3) is 0 Å². The molecule has 0 bridgehead atoms. The molecule has 0 saturated carbocycles. The Labute approximate surface area is 129 Å². The minimum atomic E-state index is -4.72. The molecule has 0 fully saturated rings. The number of nitrogens with two attached hydrogens (primary N) is 1. The fraction of sp³-hybridized carbons (Fsp3) is 0.143. The van der Waals surface area contributed by atoms with E-state index in [0.29, 0.717) is 21.2 Å². The van der Waals surface area contributed by atoms with Crippen molar-refractivity contribution in [2.24, 2.45) is 5.73 Å². The first-order chi connectivity index (χ1) is 9.76. The van der Waals surface area contributed by atoms with Crippen LogP contribution in [-0.2, 0) is 0 Å². The van der Waals surface area contributed by atoms with Crippen molar-refractivity contribution in [2.45, 2.75) is 12.4 Å². The van der Waals surface area contributed by atoms with E-state index >= 15 is 0 Å². The molecule has 112 valence electrons. The fourth-order valence-corrected chi connectivity index (χ4v) is 2.22. The Bertz CT molecular complexity index is 629. The first-order valence-corrected chi connectivity index (χ1v) is 6.58. The van der Waals surface area contributed by atoms with Crippen LogP contribution in [0.4, 0.5) is 13.2 Å². The van der Waals surface area contributed by atoms with Gasteiger partial charge in [-0.05, 0) is 41.5 Å². The zero-order valence-electron chi connectivity index (χ0n) is 10.5. The lowest BCUT2D eigenvalue weighted by Gasteiger charge is -2.15. The van der Waals surface area contributed by atoms with E-state index in [4.69, 9.17) is 28.9 Å². The van der Waals surface area contributed by atoms with Gasteiger partial charge < -0.3 is 10.5 Å². The first-order valence-electron chi connectivity index (χ1n) is 5.82. The number of ether oxygens (including phenoxy) is 1. The van der Waals surface area contributed by atoms with E-state index in [1.54, 1.807) is 18.2 Å². The smallest absolute Gasteiger partial charge is 0.406 e. The van der Waals surface area contributed by atoms with Crippen LogP contribution in [0.5, 0.6) is 5.75 Å². The number of alkyl halides is 3. The molecule has 0 heterocycles. The summed E-state index contributed by atoms with van der Waals surface area (Å²) in [5.74, 6) is -0.310. The van der Waals surface area contributed by atoms with Gasteiger partial charge in [-0.25, -0.2) is 0 Å². The van der Waals surface area contributed by atoms with Crippen molar-refractivity contribution >= 4 is 23.2 Å². The van der Waals surface area contributed by atoms with E-state index in [1.807, 2.05) is 0 Å². The van der Waals surface area contributed by atoms with Gasteiger partial charge in [0.05, 0.1) is 6.04 Å². The maximum Gasteiger partial charge on any atom is 0.573 e. The van der Waals surface area contributed by atoms with E-state index < -0.39 is 12.4 Å². The molecule has 0 amide bonds. The molecule has 0 aliphatic carbocycles. The Morgan fingerprint density at radius 1 is 1.00 bits per heavy atom. The molecule has 0 aliphatic heterocycles. The summed E-state index contributed by atoms with van der Waals surface area (Å²) < 4.78 is 40.0. The third-order valence-corrected chi connectivity index (χ3v) is 3.35. The molecular formula is C14H10Cl2F3NO. The normalized spacial score (nSPS) is 13.0. The quantitative estimate of drug-likeness (QED) is 0.862. The summed E-state index contributed by atoms with van der Waals surface area (Å²) >= 11 is 11.9. The largest absolute Gasteiger partial charge is 0.573 e. The molecule has 2 aromatic rings. The Kier molecular flexibility index (Phi) is 4.66. The summed E-state index contributed by atoms with van der Waals surface area (Å²) in [6.45, 7) is 0. The minimum Gasteiger partial charge on any atom is -0.406 e. The molecule has 0 radical (unpaired) electrons. The second-order valence-electron chi connectivity index (χ2n) is 4.26. The Balaban J connectivity index is 2.24. The molecule has 2 N–H and O–H groups in total. The van der Waals surface area contributed by atoms with Gasteiger partial charge in [-0.1, -0.05) is 35.3 Å². The van der Waals surface area contributed by atoms with Crippen LogP contribution in [-0.4, -0.2) is 6.36 Å². The highest BCUT2D eigenvalue weighted by atomic mass is 35.5. The van der Waals surface area contributed by atoms with E-state index in [1.165, 1.54) is 24.3 Å². The van der Waals surface area contributed by atoms with E-state index in [2.05, 4.69) is 4.74 Å². The van der Waals surface area contributed by atoms with Gasteiger partial charge in [0.2, 0.25) is 0 Å². The summed E-state index contributed by atoms with van der Waals surface area (Å²) in [5, 5.41) is 0.907. The summed E-state index contributed by atoms with van der Waals surface area (Å²) in [6, 6.07) is 9.54. The third kappa shape index (κ3) is 4.27. The number of benzene rings is 2. The van der Waals surface area contributed by atoms with Crippen LogP contribution in [0.1, 0.15) is 17.2 Å². The number of rotatable bonds is 3. The van der Waals surface area contributed by atoms with Crippen LogP contribution in [0.15, 0.2) is 42.5 Å². The highest BCUT2D eigenvalue weighted by Crippen LogP contribution is 2.30. The summed E-state index contributed by atoms with van der Waals surface area (Å²) in [7, 11) is 0. The standard InChI is InChI=1S/C14H10Cl2F3NO/c15-9-3-6-12(16)11(7-9)13(20)8-1-4-10(5-2-8)21-14(17,18)19/h1-7,13H,20H2/t13-/m0/s1. The van der Waals surface area contributed by atoms with Crippen molar-refractivity contribution in [1.29, 1.82) is 0 Å². The Morgan fingerprint density at radius 3 is 2.19 bits per heavy atom. The molecule has 2 aromatic carbocycles. The third-order valence-electron chi connectivity index (χ3n) is 2.77.